The topological polar surface area (TPSA) is 84.2 Å². The molecule has 0 aliphatic rings. The summed E-state index contributed by atoms with van der Waals surface area (Å²) >= 11 is 5.94. The van der Waals surface area contributed by atoms with Gasteiger partial charge in [-0.25, -0.2) is 0 Å². The molecule has 1 heterocycles. The van der Waals surface area contributed by atoms with Gasteiger partial charge in [-0.15, -0.1) is 0 Å². The van der Waals surface area contributed by atoms with Crippen LogP contribution in [0.5, 0.6) is 0 Å². The number of aromatic nitrogens is 2. The first kappa shape index (κ1) is 17.0. The smallest absolute Gasteiger partial charge is 0.315 e. The van der Waals surface area contributed by atoms with Gasteiger partial charge in [-0.05, 0) is 12.0 Å². The van der Waals surface area contributed by atoms with Crippen molar-refractivity contribution in [2.24, 2.45) is 7.05 Å². The zero-order valence-corrected chi connectivity index (χ0v) is 13.7. The molecule has 122 valence electrons. The van der Waals surface area contributed by atoms with Crippen molar-refractivity contribution in [1.29, 1.82) is 0 Å². The molecule has 2 N–H and O–H groups in total. The average molecular weight is 336 g/mol. The zero-order chi connectivity index (χ0) is 17.0. The van der Waals surface area contributed by atoms with Gasteiger partial charge in [0, 0.05) is 13.6 Å². The molecule has 23 heavy (non-hydrogen) atoms. The van der Waals surface area contributed by atoms with Gasteiger partial charge in [0.1, 0.15) is 11.1 Å². The highest BCUT2D eigenvalue weighted by Crippen LogP contribution is 2.28. The molecule has 0 saturated carbocycles. The molecule has 2 aromatic rings. The van der Waals surface area contributed by atoms with Crippen molar-refractivity contribution in [3.05, 3.63) is 52.8 Å². The van der Waals surface area contributed by atoms with Gasteiger partial charge in [-0.2, -0.15) is 5.10 Å². The van der Waals surface area contributed by atoms with Gasteiger partial charge in [-0.3, -0.25) is 14.3 Å². The zero-order valence-electron chi connectivity index (χ0n) is 12.9. The van der Waals surface area contributed by atoms with E-state index in [0.29, 0.717) is 12.0 Å². The van der Waals surface area contributed by atoms with E-state index in [0.717, 1.165) is 0 Å². The van der Waals surface area contributed by atoms with Crippen LogP contribution in [0.15, 0.2) is 36.5 Å². The number of carbonyl (C=O) groups excluding carboxylic acids is 1. The molecule has 0 saturated heterocycles. The summed E-state index contributed by atoms with van der Waals surface area (Å²) in [6.45, 7) is 1.74. The highest BCUT2D eigenvalue weighted by atomic mass is 35.5. The molecule has 0 aliphatic heterocycles. The summed E-state index contributed by atoms with van der Waals surface area (Å²) in [6, 6.07) is 8.88. The minimum absolute atomic E-state index is 0.0385. The third-order valence-electron chi connectivity index (χ3n) is 4.00. The predicted molar refractivity (Wildman–Crippen MR) is 86.6 cm³/mol. The number of aryl methyl sites for hydroxylation is 1. The van der Waals surface area contributed by atoms with Crippen molar-refractivity contribution in [2.75, 3.05) is 6.54 Å². The van der Waals surface area contributed by atoms with Crippen LogP contribution in [0.1, 0.15) is 29.4 Å². The van der Waals surface area contributed by atoms with E-state index < -0.39 is 17.3 Å². The summed E-state index contributed by atoms with van der Waals surface area (Å²) in [5.41, 5.74) is -0.344. The summed E-state index contributed by atoms with van der Waals surface area (Å²) in [5, 5.41) is 16.5. The molecule has 7 heteroatoms. The summed E-state index contributed by atoms with van der Waals surface area (Å²) < 4.78 is 1.36. The number of hydrogen-bond donors (Lipinski definition) is 2. The minimum atomic E-state index is -1.19. The average Bonchev–Trinajstić information content (AvgIpc) is 2.88. The van der Waals surface area contributed by atoms with E-state index in [-0.39, 0.29) is 17.3 Å². The van der Waals surface area contributed by atoms with E-state index in [1.54, 1.807) is 38.2 Å². The first-order chi connectivity index (χ1) is 10.9. The maximum absolute atomic E-state index is 12.3. The fraction of sp³-hybridized carbons (Fsp3) is 0.312. The molecule has 6 nitrogen and oxygen atoms in total. The van der Waals surface area contributed by atoms with Crippen LogP contribution in [-0.4, -0.2) is 33.3 Å². The number of benzene rings is 1. The molecule has 1 unspecified atom stereocenters. The lowest BCUT2D eigenvalue weighted by Crippen LogP contribution is -2.46. The maximum atomic E-state index is 12.3. The minimum Gasteiger partial charge on any atom is -0.481 e. The van der Waals surface area contributed by atoms with Gasteiger partial charge in [0.05, 0.1) is 11.2 Å². The Morgan fingerprint density at radius 1 is 1.35 bits per heavy atom. The van der Waals surface area contributed by atoms with E-state index in [1.165, 1.54) is 10.9 Å². The summed E-state index contributed by atoms with van der Waals surface area (Å²) in [4.78, 5) is 24.2. The largest absolute Gasteiger partial charge is 0.481 e. The second kappa shape index (κ2) is 6.83. The van der Waals surface area contributed by atoms with Crippen LogP contribution in [0.4, 0.5) is 0 Å². The summed E-state index contributed by atoms with van der Waals surface area (Å²) in [5.74, 6) is -1.44. The maximum Gasteiger partial charge on any atom is 0.315 e. The second-order valence-corrected chi connectivity index (χ2v) is 5.66. The number of carbonyl (C=O) groups is 2. The Labute approximate surface area is 139 Å². The third-order valence-corrected chi connectivity index (χ3v) is 4.28. The Hall–Kier alpha value is -2.34. The van der Waals surface area contributed by atoms with E-state index in [4.69, 9.17) is 11.6 Å². The van der Waals surface area contributed by atoms with Crippen LogP contribution in [0.3, 0.4) is 0 Å². The monoisotopic (exact) mass is 335 g/mol. The second-order valence-electron chi connectivity index (χ2n) is 5.25. The Bertz CT molecular complexity index is 695. The molecule has 0 radical (unpaired) electrons. The van der Waals surface area contributed by atoms with Crippen LogP contribution in [-0.2, 0) is 17.3 Å². The fourth-order valence-electron chi connectivity index (χ4n) is 2.52. The SMILES string of the molecule is CCC(CNC(=O)c1c(Cl)cnn1C)(C(=O)O)c1ccccc1. The van der Waals surface area contributed by atoms with Crippen LogP contribution in [0.2, 0.25) is 5.02 Å². The molecule has 1 amide bonds. The molecule has 2 rings (SSSR count). The van der Waals surface area contributed by atoms with Gasteiger partial charge in [-0.1, -0.05) is 48.9 Å². The normalized spacial score (nSPS) is 13.3. The number of aliphatic carboxylic acids is 1. The fourth-order valence-corrected chi connectivity index (χ4v) is 2.77. The molecule has 0 fully saturated rings. The van der Waals surface area contributed by atoms with Crippen LogP contribution >= 0.6 is 11.6 Å². The van der Waals surface area contributed by atoms with Crippen molar-refractivity contribution in [3.63, 3.8) is 0 Å². The Balaban J connectivity index is 2.27. The molecule has 0 spiro atoms. The van der Waals surface area contributed by atoms with E-state index in [2.05, 4.69) is 10.4 Å². The number of rotatable bonds is 6. The molecular weight excluding hydrogens is 318 g/mol. The Morgan fingerprint density at radius 3 is 2.48 bits per heavy atom. The molecule has 1 atom stereocenters. The molecule has 0 bridgehead atoms. The Kier molecular flexibility index (Phi) is 5.05. The van der Waals surface area contributed by atoms with Gasteiger partial charge in [0.25, 0.3) is 5.91 Å². The number of amides is 1. The van der Waals surface area contributed by atoms with E-state index in [9.17, 15) is 14.7 Å². The van der Waals surface area contributed by atoms with Crippen molar-refractivity contribution < 1.29 is 14.7 Å². The highest BCUT2D eigenvalue weighted by molar-refractivity contribution is 6.33. The van der Waals surface area contributed by atoms with Crippen LogP contribution in [0, 0.1) is 0 Å². The van der Waals surface area contributed by atoms with Crippen molar-refractivity contribution >= 4 is 23.5 Å². The quantitative estimate of drug-likeness (QED) is 0.848. The lowest BCUT2D eigenvalue weighted by Gasteiger charge is -2.29. The van der Waals surface area contributed by atoms with Gasteiger partial charge in [0.15, 0.2) is 0 Å². The lowest BCUT2D eigenvalue weighted by atomic mass is 9.78. The van der Waals surface area contributed by atoms with Crippen molar-refractivity contribution in [2.45, 2.75) is 18.8 Å². The summed E-state index contributed by atoms with van der Waals surface area (Å²) in [7, 11) is 1.60. The number of carboxylic acids is 1. The van der Waals surface area contributed by atoms with Crippen molar-refractivity contribution in [3.8, 4) is 0 Å². The van der Waals surface area contributed by atoms with Crippen molar-refractivity contribution in [1.82, 2.24) is 15.1 Å². The third kappa shape index (κ3) is 3.22. The standard InChI is InChI=1S/C16H18ClN3O3/c1-3-16(15(22)23,11-7-5-4-6-8-11)10-18-14(21)13-12(17)9-19-20(13)2/h4-9H,3,10H2,1-2H3,(H,18,21)(H,22,23). The first-order valence-corrected chi connectivity index (χ1v) is 7.54. The number of hydrogen-bond acceptors (Lipinski definition) is 3. The van der Waals surface area contributed by atoms with Crippen LogP contribution in [0.25, 0.3) is 0 Å². The number of carboxylic acid groups (broad SMARTS) is 1. The number of nitrogens with zero attached hydrogens (tertiary/aromatic N) is 2. The Morgan fingerprint density at radius 2 is 2.00 bits per heavy atom. The molecule has 1 aromatic heterocycles. The molecule has 1 aromatic carbocycles. The number of nitrogens with one attached hydrogen (secondary N) is 1. The summed E-state index contributed by atoms with van der Waals surface area (Å²) in [6.07, 6.45) is 1.71. The molecule has 0 aliphatic carbocycles. The lowest BCUT2D eigenvalue weighted by molar-refractivity contribution is -0.143. The first-order valence-electron chi connectivity index (χ1n) is 7.17. The van der Waals surface area contributed by atoms with Gasteiger partial charge < -0.3 is 10.4 Å². The highest BCUT2D eigenvalue weighted by Gasteiger charge is 2.39. The van der Waals surface area contributed by atoms with Gasteiger partial charge in [0.2, 0.25) is 0 Å². The van der Waals surface area contributed by atoms with Gasteiger partial charge >= 0.3 is 5.97 Å². The predicted octanol–water partition coefficient (Wildman–Crippen LogP) is 2.24. The molecular formula is C16H18ClN3O3. The van der Waals surface area contributed by atoms with Crippen LogP contribution < -0.4 is 5.32 Å². The van der Waals surface area contributed by atoms with E-state index >= 15 is 0 Å². The number of halogens is 1. The van der Waals surface area contributed by atoms with E-state index in [1.807, 2.05) is 6.07 Å².